The monoisotopic (exact) mass is 791 g/mol. The van der Waals surface area contributed by atoms with Gasteiger partial charge < -0.3 is 19.5 Å². The van der Waals surface area contributed by atoms with Gasteiger partial charge in [-0.1, -0.05) is 141 Å². The van der Waals surface area contributed by atoms with E-state index in [1.807, 2.05) is 0 Å². The number of hydrogen-bond donors (Lipinski definition) is 3. The Bertz CT molecular complexity index is 946. The minimum absolute atomic E-state index is 0.0449. The number of esters is 2. The number of ether oxygens (including phenoxy) is 2. The first kappa shape index (κ1) is 51.8. The predicted octanol–water partition coefficient (Wildman–Crippen LogP) is 11.9. The van der Waals surface area contributed by atoms with Gasteiger partial charge in [-0.3, -0.25) is 18.6 Å². The molecule has 0 radical (unpaired) electrons. The molecule has 0 bridgehead atoms. The molecular weight excluding hydrogens is 711 g/mol. The third-order valence-electron chi connectivity index (χ3n) is 9.08. The molecule has 312 valence electrons. The van der Waals surface area contributed by atoms with Crippen LogP contribution in [0.2, 0.25) is 0 Å². The molecule has 0 heterocycles. The first-order valence-electron chi connectivity index (χ1n) is 21.3. The van der Waals surface area contributed by atoms with Crippen molar-refractivity contribution in [3.8, 4) is 0 Å². The topological polar surface area (TPSA) is 129 Å². The lowest BCUT2D eigenvalue weighted by Crippen LogP contribution is -2.29. The van der Waals surface area contributed by atoms with Crippen molar-refractivity contribution in [2.75, 3.05) is 25.6 Å². The number of allylic oxidation sites excluding steroid dienone is 4. The number of hydrogen-bond acceptors (Lipinski definition) is 9. The van der Waals surface area contributed by atoms with Gasteiger partial charge >= 0.3 is 19.8 Å². The van der Waals surface area contributed by atoms with Gasteiger partial charge in [0.1, 0.15) is 6.61 Å². The molecule has 3 atom stereocenters. The molecule has 0 saturated carbocycles. The Kier molecular flexibility index (Phi) is 38.2. The molecule has 0 fully saturated rings. The van der Waals surface area contributed by atoms with Crippen LogP contribution in [0.3, 0.4) is 0 Å². The van der Waals surface area contributed by atoms with Crippen LogP contribution in [0.1, 0.15) is 194 Å². The Morgan fingerprint density at radius 3 is 1.38 bits per heavy atom. The lowest BCUT2D eigenvalue weighted by atomic mass is 10.1. The van der Waals surface area contributed by atoms with Crippen molar-refractivity contribution in [2.24, 2.45) is 0 Å². The first-order chi connectivity index (χ1) is 25.7. The van der Waals surface area contributed by atoms with Gasteiger partial charge in [-0.05, 0) is 64.2 Å². The SMILES string of the molecule is CCCCCCCC/C=C/CCCCCCCC(=O)OCC(COP(=O)(O)OCC(O)CS)OC(=O)CCCCCCC/C=C/CCCCCCCC. The highest BCUT2D eigenvalue weighted by atomic mass is 32.1. The van der Waals surface area contributed by atoms with E-state index in [9.17, 15) is 24.2 Å². The number of thiol groups is 1. The number of unbranched alkanes of at least 4 members (excludes halogenated alkanes) is 22. The van der Waals surface area contributed by atoms with Gasteiger partial charge in [-0.2, -0.15) is 12.6 Å². The van der Waals surface area contributed by atoms with E-state index in [4.69, 9.17) is 18.5 Å². The van der Waals surface area contributed by atoms with Crippen LogP contribution in [0.15, 0.2) is 24.3 Å². The molecule has 11 heteroatoms. The minimum Gasteiger partial charge on any atom is -0.462 e. The van der Waals surface area contributed by atoms with Gasteiger partial charge in [0, 0.05) is 18.6 Å². The maximum Gasteiger partial charge on any atom is 0.472 e. The van der Waals surface area contributed by atoms with Gasteiger partial charge in [0.2, 0.25) is 0 Å². The van der Waals surface area contributed by atoms with Gasteiger partial charge in [0.05, 0.1) is 19.3 Å². The molecule has 0 amide bonds. The maximum absolute atomic E-state index is 12.6. The fourth-order valence-electron chi connectivity index (χ4n) is 5.75. The third-order valence-corrected chi connectivity index (χ3v) is 10.5. The average molecular weight is 791 g/mol. The number of carbonyl (C=O) groups is 2. The smallest absolute Gasteiger partial charge is 0.462 e. The number of rotatable bonds is 40. The first-order valence-corrected chi connectivity index (χ1v) is 23.4. The van der Waals surface area contributed by atoms with E-state index in [0.29, 0.717) is 12.8 Å². The summed E-state index contributed by atoms with van der Waals surface area (Å²) in [5.74, 6) is -0.853. The van der Waals surface area contributed by atoms with Crippen molar-refractivity contribution in [2.45, 2.75) is 206 Å². The zero-order valence-corrected chi connectivity index (χ0v) is 35.5. The Hall–Kier alpha value is -1.16. The summed E-state index contributed by atoms with van der Waals surface area (Å²) in [5.41, 5.74) is 0. The molecule has 0 aliphatic rings. The zero-order valence-electron chi connectivity index (χ0n) is 33.7. The molecule has 0 aliphatic heterocycles. The molecule has 9 nitrogen and oxygen atoms in total. The van der Waals surface area contributed by atoms with Crippen LogP contribution in [-0.2, 0) is 32.7 Å². The quantitative estimate of drug-likeness (QED) is 0.0183. The maximum atomic E-state index is 12.6. The Morgan fingerprint density at radius 1 is 0.566 bits per heavy atom. The third kappa shape index (κ3) is 38.9. The normalized spacial score (nSPS) is 14.1. The van der Waals surface area contributed by atoms with E-state index in [1.54, 1.807) is 0 Å². The molecule has 2 N–H and O–H groups in total. The molecule has 0 spiro atoms. The lowest BCUT2D eigenvalue weighted by molar-refractivity contribution is -0.161. The fourth-order valence-corrected chi connectivity index (χ4v) is 6.64. The fraction of sp³-hybridized carbons (Fsp3) is 0.857. The lowest BCUT2D eigenvalue weighted by Gasteiger charge is -2.20. The van der Waals surface area contributed by atoms with E-state index in [1.165, 1.54) is 89.9 Å². The van der Waals surface area contributed by atoms with Gasteiger partial charge in [0.15, 0.2) is 6.10 Å². The standard InChI is InChI=1S/C42H79O9PS/c1-3-5-7-9-11-13-15-17-19-21-23-25-27-29-31-33-41(44)48-36-40(37-50-52(46,47)49-35-39(43)38-53)51-42(45)34-32-30-28-26-24-22-20-18-16-14-12-10-8-6-4-2/h17-20,39-40,43,53H,3-16,21-38H2,1-2H3,(H,46,47)/b19-17+,20-18+. The van der Waals surface area contributed by atoms with Crippen molar-refractivity contribution in [3.05, 3.63) is 24.3 Å². The van der Waals surface area contributed by atoms with E-state index >= 15 is 0 Å². The molecule has 53 heavy (non-hydrogen) atoms. The van der Waals surface area contributed by atoms with Crippen LogP contribution in [0, 0.1) is 0 Å². The number of aliphatic hydroxyl groups excluding tert-OH is 1. The summed E-state index contributed by atoms with van der Waals surface area (Å²) >= 11 is 3.91. The molecule has 0 rings (SSSR count). The summed E-state index contributed by atoms with van der Waals surface area (Å²) in [4.78, 5) is 35.0. The molecule has 0 aromatic heterocycles. The summed E-state index contributed by atoms with van der Waals surface area (Å²) in [5, 5.41) is 9.58. The van der Waals surface area contributed by atoms with Crippen LogP contribution in [-0.4, -0.2) is 59.7 Å². The minimum atomic E-state index is -4.54. The van der Waals surface area contributed by atoms with Crippen molar-refractivity contribution in [1.29, 1.82) is 0 Å². The molecule has 0 aromatic rings. The summed E-state index contributed by atoms with van der Waals surface area (Å²) in [6, 6.07) is 0. The second-order valence-electron chi connectivity index (χ2n) is 14.4. The highest BCUT2D eigenvalue weighted by molar-refractivity contribution is 7.80. The second kappa shape index (κ2) is 39.1. The molecule has 3 unspecified atom stereocenters. The van der Waals surface area contributed by atoms with Crippen LogP contribution >= 0.6 is 20.5 Å². The van der Waals surface area contributed by atoms with Crippen LogP contribution in [0.5, 0.6) is 0 Å². The largest absolute Gasteiger partial charge is 0.472 e. The number of carbonyl (C=O) groups excluding carboxylic acids is 2. The van der Waals surface area contributed by atoms with Gasteiger partial charge in [-0.25, -0.2) is 4.57 Å². The predicted molar refractivity (Wildman–Crippen MR) is 221 cm³/mol. The summed E-state index contributed by atoms with van der Waals surface area (Å²) in [7, 11) is -4.54. The van der Waals surface area contributed by atoms with Crippen molar-refractivity contribution >= 4 is 32.4 Å². The van der Waals surface area contributed by atoms with E-state index in [-0.39, 0.29) is 25.2 Å². The van der Waals surface area contributed by atoms with Gasteiger partial charge in [0.25, 0.3) is 0 Å². The van der Waals surface area contributed by atoms with Gasteiger partial charge in [-0.15, -0.1) is 0 Å². The van der Waals surface area contributed by atoms with E-state index < -0.39 is 45.2 Å². The van der Waals surface area contributed by atoms with Crippen LogP contribution < -0.4 is 0 Å². The Labute approximate surface area is 329 Å². The van der Waals surface area contributed by atoms with Crippen molar-refractivity contribution in [1.82, 2.24) is 0 Å². The second-order valence-corrected chi connectivity index (χ2v) is 16.2. The molecule has 0 saturated heterocycles. The number of phosphoric ester groups is 1. The van der Waals surface area contributed by atoms with Crippen molar-refractivity contribution in [3.63, 3.8) is 0 Å². The highest BCUT2D eigenvalue weighted by Crippen LogP contribution is 2.43. The van der Waals surface area contributed by atoms with Crippen LogP contribution in [0.25, 0.3) is 0 Å². The Balaban J connectivity index is 4.33. The van der Waals surface area contributed by atoms with E-state index in [2.05, 4.69) is 50.8 Å². The molecule has 0 aliphatic carbocycles. The van der Waals surface area contributed by atoms with Crippen molar-refractivity contribution < 1.29 is 42.7 Å². The van der Waals surface area contributed by atoms with E-state index in [0.717, 1.165) is 64.2 Å². The summed E-state index contributed by atoms with van der Waals surface area (Å²) in [6.07, 6.45) is 37.7. The highest BCUT2D eigenvalue weighted by Gasteiger charge is 2.27. The molecule has 0 aromatic carbocycles. The Morgan fingerprint density at radius 2 is 0.943 bits per heavy atom. The zero-order chi connectivity index (χ0) is 39.1. The number of aliphatic hydroxyl groups is 1. The van der Waals surface area contributed by atoms with Crippen LogP contribution in [0.4, 0.5) is 0 Å². The molecular formula is C42H79O9PS. The summed E-state index contributed by atoms with van der Waals surface area (Å²) < 4.78 is 32.9. The average Bonchev–Trinajstić information content (AvgIpc) is 3.14. The number of phosphoric acid groups is 1. The summed E-state index contributed by atoms with van der Waals surface area (Å²) in [6.45, 7) is 3.26.